The van der Waals surface area contributed by atoms with Crippen molar-refractivity contribution in [3.05, 3.63) is 47.9 Å². The Balaban J connectivity index is 1.70. The highest BCUT2D eigenvalue weighted by molar-refractivity contribution is 6.18. The molecule has 33 heavy (non-hydrogen) atoms. The van der Waals surface area contributed by atoms with Crippen LogP contribution >= 0.6 is 0 Å². The first-order valence-corrected chi connectivity index (χ1v) is 10.8. The van der Waals surface area contributed by atoms with Gasteiger partial charge in [0.15, 0.2) is 11.6 Å². The smallest absolute Gasteiger partial charge is 0.169 e. The molecule has 0 bridgehead atoms. The number of fused-ring (bicyclic) bond motifs is 4. The summed E-state index contributed by atoms with van der Waals surface area (Å²) < 4.78 is 29.9. The Bertz CT molecular complexity index is 1480. The summed E-state index contributed by atoms with van der Waals surface area (Å²) in [5.74, 6) is -1.38. The summed E-state index contributed by atoms with van der Waals surface area (Å²) in [7, 11) is 1.66. The molecule has 1 saturated heterocycles. The quantitative estimate of drug-likeness (QED) is 0.442. The number of rotatable bonds is 4. The maximum Gasteiger partial charge on any atom is 0.169 e. The van der Waals surface area contributed by atoms with Crippen molar-refractivity contribution in [3.8, 4) is 17.2 Å². The van der Waals surface area contributed by atoms with E-state index in [4.69, 9.17) is 5.73 Å². The number of nitrogens with zero attached hydrogens (tertiary/aromatic N) is 4. The minimum Gasteiger partial charge on any atom is -0.386 e. The van der Waals surface area contributed by atoms with Crippen molar-refractivity contribution in [2.45, 2.75) is 6.42 Å². The van der Waals surface area contributed by atoms with Crippen LogP contribution in [0.3, 0.4) is 0 Å². The zero-order valence-electron chi connectivity index (χ0n) is 17.9. The highest BCUT2D eigenvalue weighted by Crippen LogP contribution is 2.59. The first-order chi connectivity index (χ1) is 16.0. The highest BCUT2D eigenvalue weighted by atomic mass is 19.2. The summed E-state index contributed by atoms with van der Waals surface area (Å²) in [6.07, 6.45) is 5.93. The number of halogens is 2. The Hall–Kier alpha value is -3.77. The van der Waals surface area contributed by atoms with Gasteiger partial charge in [0.1, 0.15) is 11.7 Å². The van der Waals surface area contributed by atoms with Crippen LogP contribution in [0.2, 0.25) is 0 Å². The number of pyridine rings is 2. The largest absolute Gasteiger partial charge is 0.386 e. The Labute approximate surface area is 188 Å². The van der Waals surface area contributed by atoms with Crippen LogP contribution in [0.5, 0.6) is 0 Å². The Morgan fingerprint density at radius 1 is 1.30 bits per heavy atom. The van der Waals surface area contributed by atoms with Crippen LogP contribution in [0.25, 0.3) is 33.1 Å². The third-order valence-electron chi connectivity index (χ3n) is 7.24. The van der Waals surface area contributed by atoms with Gasteiger partial charge in [-0.05, 0) is 24.9 Å². The number of nitrogens with two attached hydrogens (primary N) is 1. The van der Waals surface area contributed by atoms with E-state index in [9.17, 15) is 9.65 Å². The molecular weight excluding hydrogens is 424 g/mol. The van der Waals surface area contributed by atoms with E-state index >= 15 is 4.39 Å². The van der Waals surface area contributed by atoms with E-state index in [2.05, 4.69) is 31.2 Å². The molecule has 1 saturated carbocycles. The molecular formula is C24H21F2N7. The Morgan fingerprint density at radius 3 is 2.88 bits per heavy atom. The summed E-state index contributed by atoms with van der Waals surface area (Å²) in [6, 6.07) is 4.99. The van der Waals surface area contributed by atoms with Crippen molar-refractivity contribution >= 4 is 33.3 Å². The van der Waals surface area contributed by atoms with Crippen molar-refractivity contribution in [1.82, 2.24) is 15.0 Å². The summed E-state index contributed by atoms with van der Waals surface area (Å²) in [5, 5.41) is 13.0. The van der Waals surface area contributed by atoms with Crippen molar-refractivity contribution in [2.75, 3.05) is 36.9 Å². The molecule has 166 valence electrons. The van der Waals surface area contributed by atoms with Gasteiger partial charge in [-0.2, -0.15) is 5.26 Å². The van der Waals surface area contributed by atoms with Gasteiger partial charge in [-0.3, -0.25) is 4.98 Å². The lowest BCUT2D eigenvalue weighted by Gasteiger charge is -2.26. The van der Waals surface area contributed by atoms with Gasteiger partial charge in [0, 0.05) is 61.3 Å². The standard InChI is InChI=1S/C24H21F2N7/c1-29-17-3-16(25)20(26)18-19-22(33-9-14-4-24(14,10-28)11-33)15(8-31-23(19)32-21(17)18)13-2-12(5-27)6-30-7-13/h2-3,6-8,14,29H,4,9-11,28H2,1H3,(H,31,32). The Morgan fingerprint density at radius 2 is 2.15 bits per heavy atom. The van der Waals surface area contributed by atoms with E-state index in [1.54, 1.807) is 25.5 Å². The van der Waals surface area contributed by atoms with Crippen LogP contribution in [0.15, 0.2) is 30.7 Å². The van der Waals surface area contributed by atoms with Crippen molar-refractivity contribution in [3.63, 3.8) is 0 Å². The lowest BCUT2D eigenvalue weighted by atomic mass is 10.0. The van der Waals surface area contributed by atoms with E-state index in [1.807, 2.05) is 0 Å². The molecule has 1 aliphatic carbocycles. The second-order valence-corrected chi connectivity index (χ2v) is 9.01. The highest BCUT2D eigenvalue weighted by Gasteiger charge is 2.59. The fourth-order valence-corrected chi connectivity index (χ4v) is 5.41. The molecule has 4 heterocycles. The summed E-state index contributed by atoms with van der Waals surface area (Å²) in [4.78, 5) is 14.1. The molecule has 6 rings (SSSR count). The maximum atomic E-state index is 15.3. The molecule has 2 atom stereocenters. The summed E-state index contributed by atoms with van der Waals surface area (Å²) in [5.41, 5.74) is 10.1. The molecule has 7 nitrogen and oxygen atoms in total. The van der Waals surface area contributed by atoms with Gasteiger partial charge in [0.25, 0.3) is 0 Å². The zero-order valence-corrected chi connectivity index (χ0v) is 17.9. The number of benzene rings is 1. The number of hydrogen-bond donors (Lipinski definition) is 3. The van der Waals surface area contributed by atoms with E-state index < -0.39 is 11.6 Å². The van der Waals surface area contributed by atoms with Crippen LogP contribution in [0, 0.1) is 34.3 Å². The average Bonchev–Trinajstić information content (AvgIpc) is 3.20. The molecule has 0 radical (unpaired) electrons. The van der Waals surface area contributed by atoms with Crippen molar-refractivity contribution < 1.29 is 8.78 Å². The summed E-state index contributed by atoms with van der Waals surface area (Å²) >= 11 is 0. The molecule has 9 heteroatoms. The fourth-order valence-electron chi connectivity index (χ4n) is 5.41. The normalized spacial score (nSPS) is 21.4. The molecule has 4 aromatic rings. The van der Waals surface area contributed by atoms with Crippen LogP contribution in [-0.4, -0.2) is 41.6 Å². The topological polar surface area (TPSA) is 107 Å². The van der Waals surface area contributed by atoms with Gasteiger partial charge in [0.2, 0.25) is 0 Å². The van der Waals surface area contributed by atoms with E-state index in [0.717, 1.165) is 36.8 Å². The predicted molar refractivity (Wildman–Crippen MR) is 123 cm³/mol. The maximum absolute atomic E-state index is 15.3. The average molecular weight is 445 g/mol. The van der Waals surface area contributed by atoms with E-state index in [-0.39, 0.29) is 10.8 Å². The first kappa shape index (κ1) is 19.9. The molecule has 0 spiro atoms. The second kappa shape index (κ2) is 6.86. The number of hydrogen-bond acceptors (Lipinski definition) is 6. The third-order valence-corrected chi connectivity index (χ3v) is 7.24. The van der Waals surface area contributed by atoms with E-state index in [1.165, 1.54) is 6.20 Å². The third kappa shape index (κ3) is 2.74. The van der Waals surface area contributed by atoms with Gasteiger partial charge < -0.3 is 20.9 Å². The van der Waals surface area contributed by atoms with Gasteiger partial charge in [-0.1, -0.05) is 0 Å². The number of aromatic amines is 1. The molecule has 0 amide bonds. The van der Waals surface area contributed by atoms with Crippen LogP contribution in [-0.2, 0) is 0 Å². The minimum atomic E-state index is -0.931. The second-order valence-electron chi connectivity index (χ2n) is 9.01. The first-order valence-electron chi connectivity index (χ1n) is 10.8. The predicted octanol–water partition coefficient (Wildman–Crippen LogP) is 3.75. The number of nitriles is 1. The molecule has 3 aromatic heterocycles. The van der Waals surface area contributed by atoms with Crippen molar-refractivity contribution in [1.29, 1.82) is 5.26 Å². The molecule has 2 fully saturated rings. The molecule has 1 aliphatic heterocycles. The van der Waals surface area contributed by atoms with Gasteiger partial charge in [0.05, 0.1) is 33.2 Å². The number of H-pyrrole nitrogens is 1. The molecule has 2 aliphatic rings. The lowest BCUT2D eigenvalue weighted by molar-refractivity contribution is 0.518. The zero-order chi connectivity index (χ0) is 22.9. The lowest BCUT2D eigenvalue weighted by Crippen LogP contribution is -2.28. The van der Waals surface area contributed by atoms with Gasteiger partial charge in [-0.15, -0.1) is 0 Å². The monoisotopic (exact) mass is 445 g/mol. The van der Waals surface area contributed by atoms with Crippen molar-refractivity contribution in [2.24, 2.45) is 17.1 Å². The molecule has 1 aromatic carbocycles. The van der Waals surface area contributed by atoms with Gasteiger partial charge >= 0.3 is 0 Å². The number of piperidine rings is 1. The Kier molecular flexibility index (Phi) is 4.13. The fraction of sp³-hybridized carbons (Fsp3) is 0.292. The van der Waals surface area contributed by atoms with E-state index in [0.29, 0.717) is 45.8 Å². The van der Waals surface area contributed by atoms with Crippen LogP contribution in [0.4, 0.5) is 20.2 Å². The molecule has 2 unspecified atom stereocenters. The minimum absolute atomic E-state index is 0.0612. The SMILES string of the molecule is CNc1cc(F)c(F)c2c1[nH]c1ncc(-c3cncc(C#N)c3)c(N3CC4CC4(CN)C3)c12. The van der Waals surface area contributed by atoms with Gasteiger partial charge in [-0.25, -0.2) is 13.8 Å². The molecule has 4 N–H and O–H groups in total. The number of aromatic nitrogens is 3. The number of nitrogens with one attached hydrogen (secondary N) is 2. The summed E-state index contributed by atoms with van der Waals surface area (Å²) in [6.45, 7) is 2.09. The van der Waals surface area contributed by atoms with Crippen LogP contribution in [0.1, 0.15) is 12.0 Å². The van der Waals surface area contributed by atoms with Crippen LogP contribution < -0.4 is 16.0 Å². The number of anilines is 2.